The highest BCUT2D eigenvalue weighted by molar-refractivity contribution is 5.46. The average molecular weight is 197 g/mol. The van der Waals surface area contributed by atoms with Crippen LogP contribution in [0.3, 0.4) is 0 Å². The van der Waals surface area contributed by atoms with E-state index in [1.165, 1.54) is 7.11 Å². The number of ether oxygens (including phenoxy) is 1. The Bertz CT molecular complexity index is 301. The van der Waals surface area contributed by atoms with Gasteiger partial charge in [0.15, 0.2) is 11.5 Å². The largest absolute Gasteiger partial charge is 0.504 e. The summed E-state index contributed by atoms with van der Waals surface area (Å²) >= 11 is 0. The molecule has 4 N–H and O–H groups in total. The Morgan fingerprint density at radius 2 is 2.21 bits per heavy atom. The zero-order valence-electron chi connectivity index (χ0n) is 8.10. The van der Waals surface area contributed by atoms with Gasteiger partial charge in [0, 0.05) is 18.2 Å². The van der Waals surface area contributed by atoms with Gasteiger partial charge in [0.2, 0.25) is 0 Å². The van der Waals surface area contributed by atoms with Gasteiger partial charge >= 0.3 is 0 Å². The molecule has 0 saturated carbocycles. The minimum Gasteiger partial charge on any atom is -0.504 e. The Hall–Kier alpha value is -1.26. The molecule has 0 radical (unpaired) electrons. The summed E-state index contributed by atoms with van der Waals surface area (Å²) < 4.78 is 4.95. The minimum absolute atomic E-state index is 0.00217. The van der Waals surface area contributed by atoms with Gasteiger partial charge in [0.1, 0.15) is 0 Å². The van der Waals surface area contributed by atoms with Crippen molar-refractivity contribution in [3.8, 4) is 11.5 Å². The number of nitrogens with two attached hydrogens (primary N) is 1. The fourth-order valence-electron chi connectivity index (χ4n) is 1.30. The lowest BCUT2D eigenvalue weighted by Crippen LogP contribution is -2.12. The number of rotatable bonds is 4. The highest BCUT2D eigenvalue weighted by Crippen LogP contribution is 2.33. The van der Waals surface area contributed by atoms with Crippen molar-refractivity contribution in [3.05, 3.63) is 23.8 Å². The molecule has 0 aliphatic carbocycles. The van der Waals surface area contributed by atoms with Gasteiger partial charge in [0.25, 0.3) is 0 Å². The van der Waals surface area contributed by atoms with Crippen LogP contribution in [0.15, 0.2) is 18.2 Å². The maximum absolute atomic E-state index is 9.70. The fourth-order valence-corrected chi connectivity index (χ4v) is 1.30. The first kappa shape index (κ1) is 10.8. The summed E-state index contributed by atoms with van der Waals surface area (Å²) in [5.41, 5.74) is 6.35. The number of benzene rings is 1. The minimum atomic E-state index is -0.366. The van der Waals surface area contributed by atoms with Crippen molar-refractivity contribution in [1.29, 1.82) is 0 Å². The number of aliphatic hydroxyl groups excluding tert-OH is 1. The summed E-state index contributed by atoms with van der Waals surface area (Å²) in [6, 6.07) is 4.77. The molecule has 14 heavy (non-hydrogen) atoms. The Morgan fingerprint density at radius 3 is 2.79 bits per heavy atom. The zero-order valence-corrected chi connectivity index (χ0v) is 8.10. The number of aromatic hydroxyl groups is 1. The Balaban J connectivity index is 2.96. The lowest BCUT2D eigenvalue weighted by Gasteiger charge is -2.14. The van der Waals surface area contributed by atoms with Crippen molar-refractivity contribution in [1.82, 2.24) is 0 Å². The van der Waals surface area contributed by atoms with Crippen LogP contribution in [0.25, 0.3) is 0 Å². The second kappa shape index (κ2) is 4.83. The van der Waals surface area contributed by atoms with Crippen molar-refractivity contribution in [2.45, 2.75) is 12.5 Å². The second-order valence-electron chi connectivity index (χ2n) is 3.02. The number of phenols is 1. The summed E-state index contributed by atoms with van der Waals surface area (Å²) in [6.07, 6.45) is 0.417. The molecule has 78 valence electrons. The lowest BCUT2D eigenvalue weighted by molar-refractivity contribution is 0.275. The van der Waals surface area contributed by atoms with Gasteiger partial charge in [-0.2, -0.15) is 0 Å². The molecular weight excluding hydrogens is 182 g/mol. The predicted molar refractivity (Wildman–Crippen MR) is 53.3 cm³/mol. The van der Waals surface area contributed by atoms with Gasteiger partial charge in [0.05, 0.1) is 7.11 Å². The number of para-hydroxylation sites is 1. The number of phenolic OH excluding ortho intramolecular Hbond substituents is 1. The third-order valence-corrected chi connectivity index (χ3v) is 2.09. The van der Waals surface area contributed by atoms with Crippen LogP contribution in [-0.2, 0) is 0 Å². The molecule has 0 spiro atoms. The van der Waals surface area contributed by atoms with Crippen molar-refractivity contribution < 1.29 is 14.9 Å². The van der Waals surface area contributed by atoms with Gasteiger partial charge in [-0.05, 0) is 12.5 Å². The molecule has 4 heteroatoms. The highest BCUT2D eigenvalue weighted by Gasteiger charge is 2.13. The normalized spacial score (nSPS) is 12.5. The van der Waals surface area contributed by atoms with Crippen molar-refractivity contribution in [3.63, 3.8) is 0 Å². The Labute approximate surface area is 82.9 Å². The van der Waals surface area contributed by atoms with E-state index in [0.29, 0.717) is 17.7 Å². The topological polar surface area (TPSA) is 75.7 Å². The van der Waals surface area contributed by atoms with Crippen LogP contribution in [0.2, 0.25) is 0 Å². The lowest BCUT2D eigenvalue weighted by atomic mass is 10.0. The number of aliphatic hydroxyl groups is 1. The van der Waals surface area contributed by atoms with Gasteiger partial charge in [-0.3, -0.25) is 0 Å². The molecule has 1 aromatic rings. The molecule has 4 nitrogen and oxygen atoms in total. The average Bonchev–Trinajstić information content (AvgIpc) is 2.18. The molecule has 0 aliphatic rings. The molecule has 1 aromatic carbocycles. The Morgan fingerprint density at radius 1 is 1.50 bits per heavy atom. The summed E-state index contributed by atoms with van der Waals surface area (Å²) in [6.45, 7) is -0.00217. The zero-order chi connectivity index (χ0) is 10.6. The Kier molecular flexibility index (Phi) is 3.73. The molecule has 1 rings (SSSR count). The van der Waals surface area contributed by atoms with Gasteiger partial charge in [-0.15, -0.1) is 0 Å². The number of hydrogen-bond donors (Lipinski definition) is 3. The van der Waals surface area contributed by atoms with E-state index in [4.69, 9.17) is 15.6 Å². The van der Waals surface area contributed by atoms with Crippen LogP contribution in [0.1, 0.15) is 18.0 Å². The van der Waals surface area contributed by atoms with Crippen LogP contribution in [-0.4, -0.2) is 23.9 Å². The third kappa shape index (κ3) is 2.16. The number of methoxy groups -OCH3 is 1. The van der Waals surface area contributed by atoms with Gasteiger partial charge in [-0.25, -0.2) is 0 Å². The van der Waals surface area contributed by atoms with Crippen LogP contribution in [0, 0.1) is 0 Å². The first-order valence-electron chi connectivity index (χ1n) is 4.43. The van der Waals surface area contributed by atoms with E-state index >= 15 is 0 Å². The summed E-state index contributed by atoms with van der Waals surface area (Å²) in [7, 11) is 1.48. The van der Waals surface area contributed by atoms with E-state index in [1.807, 2.05) is 0 Å². The van der Waals surface area contributed by atoms with E-state index in [9.17, 15) is 5.11 Å². The van der Waals surface area contributed by atoms with Crippen LogP contribution in [0.4, 0.5) is 0 Å². The molecule has 0 heterocycles. The summed E-state index contributed by atoms with van der Waals surface area (Å²) in [5.74, 6) is 0.451. The van der Waals surface area contributed by atoms with Crippen molar-refractivity contribution in [2.24, 2.45) is 5.73 Å². The summed E-state index contributed by atoms with van der Waals surface area (Å²) in [5, 5.41) is 18.4. The molecule has 0 aliphatic heterocycles. The molecule has 0 aromatic heterocycles. The monoisotopic (exact) mass is 197 g/mol. The van der Waals surface area contributed by atoms with Gasteiger partial charge < -0.3 is 20.7 Å². The SMILES string of the molecule is COc1cccc(C(N)CCO)c1O. The van der Waals surface area contributed by atoms with E-state index in [2.05, 4.69) is 0 Å². The standard InChI is InChI=1S/C10H15NO3/c1-14-9-4-2-3-7(10(9)13)8(11)5-6-12/h2-4,8,12-13H,5-6,11H2,1H3. The molecule has 0 bridgehead atoms. The first-order chi connectivity index (χ1) is 6.70. The molecule has 0 amide bonds. The van der Waals surface area contributed by atoms with Gasteiger partial charge in [-0.1, -0.05) is 12.1 Å². The van der Waals surface area contributed by atoms with E-state index in [0.717, 1.165) is 0 Å². The van der Waals surface area contributed by atoms with E-state index in [-0.39, 0.29) is 18.4 Å². The first-order valence-corrected chi connectivity index (χ1v) is 4.43. The maximum Gasteiger partial charge on any atom is 0.162 e. The second-order valence-corrected chi connectivity index (χ2v) is 3.02. The number of hydrogen-bond acceptors (Lipinski definition) is 4. The third-order valence-electron chi connectivity index (χ3n) is 2.09. The molecular formula is C10H15NO3. The van der Waals surface area contributed by atoms with E-state index < -0.39 is 0 Å². The van der Waals surface area contributed by atoms with Crippen molar-refractivity contribution in [2.75, 3.05) is 13.7 Å². The van der Waals surface area contributed by atoms with E-state index in [1.54, 1.807) is 18.2 Å². The molecule has 0 fully saturated rings. The fraction of sp³-hybridized carbons (Fsp3) is 0.400. The van der Waals surface area contributed by atoms with Crippen LogP contribution in [0.5, 0.6) is 11.5 Å². The molecule has 0 saturated heterocycles. The smallest absolute Gasteiger partial charge is 0.162 e. The predicted octanol–water partition coefficient (Wildman–Crippen LogP) is 0.783. The van der Waals surface area contributed by atoms with Crippen LogP contribution >= 0.6 is 0 Å². The molecule has 1 unspecified atom stereocenters. The van der Waals surface area contributed by atoms with Crippen molar-refractivity contribution >= 4 is 0 Å². The maximum atomic E-state index is 9.70. The molecule has 1 atom stereocenters. The van der Waals surface area contributed by atoms with Crippen LogP contribution < -0.4 is 10.5 Å². The highest BCUT2D eigenvalue weighted by atomic mass is 16.5. The quantitative estimate of drug-likeness (QED) is 0.666. The summed E-state index contributed by atoms with van der Waals surface area (Å²) in [4.78, 5) is 0.